The molecule has 0 saturated heterocycles. The standard InChI is InChI=1S/C12H19NO3/c14-11(13-7-6-8-4-5-8)9-2-1-3-10(9)12(15)16/h8-10H,1-7H2,(H,13,14)(H,15,16). The molecule has 1 amide bonds. The molecule has 0 aromatic carbocycles. The highest BCUT2D eigenvalue weighted by Gasteiger charge is 2.37. The van der Waals surface area contributed by atoms with E-state index in [2.05, 4.69) is 5.32 Å². The number of amides is 1. The fourth-order valence-electron chi connectivity index (χ4n) is 2.51. The van der Waals surface area contributed by atoms with Crippen LogP contribution in [-0.2, 0) is 9.59 Å². The van der Waals surface area contributed by atoms with E-state index in [1.54, 1.807) is 0 Å². The van der Waals surface area contributed by atoms with Crippen molar-refractivity contribution in [3.63, 3.8) is 0 Å². The summed E-state index contributed by atoms with van der Waals surface area (Å²) in [6.45, 7) is 0.715. The van der Waals surface area contributed by atoms with Gasteiger partial charge in [-0.3, -0.25) is 9.59 Å². The molecule has 0 radical (unpaired) electrons. The number of hydrogen-bond donors (Lipinski definition) is 2. The third kappa shape index (κ3) is 2.74. The number of carboxylic acid groups (broad SMARTS) is 1. The van der Waals surface area contributed by atoms with Gasteiger partial charge in [0.05, 0.1) is 11.8 Å². The van der Waals surface area contributed by atoms with Crippen LogP contribution >= 0.6 is 0 Å². The SMILES string of the molecule is O=C(O)C1CCCC1C(=O)NCCC1CC1. The van der Waals surface area contributed by atoms with Gasteiger partial charge in [-0.15, -0.1) is 0 Å². The predicted molar refractivity (Wildman–Crippen MR) is 58.8 cm³/mol. The van der Waals surface area contributed by atoms with Crippen LogP contribution in [0.4, 0.5) is 0 Å². The molecule has 2 aliphatic rings. The van der Waals surface area contributed by atoms with E-state index in [0.29, 0.717) is 13.0 Å². The summed E-state index contributed by atoms with van der Waals surface area (Å²) in [7, 11) is 0. The summed E-state index contributed by atoms with van der Waals surface area (Å²) >= 11 is 0. The average Bonchev–Trinajstić information content (AvgIpc) is 2.93. The first-order chi connectivity index (χ1) is 7.68. The molecule has 90 valence electrons. The van der Waals surface area contributed by atoms with Crippen LogP contribution in [0.15, 0.2) is 0 Å². The van der Waals surface area contributed by atoms with Crippen LogP contribution < -0.4 is 5.32 Å². The van der Waals surface area contributed by atoms with Crippen molar-refractivity contribution in [2.45, 2.75) is 38.5 Å². The Hall–Kier alpha value is -1.06. The highest BCUT2D eigenvalue weighted by Crippen LogP contribution is 2.33. The Morgan fingerprint density at radius 2 is 1.81 bits per heavy atom. The Morgan fingerprint density at radius 3 is 2.44 bits per heavy atom. The lowest BCUT2D eigenvalue weighted by molar-refractivity contribution is -0.146. The van der Waals surface area contributed by atoms with Gasteiger partial charge in [-0.25, -0.2) is 0 Å². The minimum absolute atomic E-state index is 0.0504. The molecule has 2 N–H and O–H groups in total. The Bertz CT molecular complexity index is 286. The molecule has 0 heterocycles. The fourth-order valence-corrected chi connectivity index (χ4v) is 2.51. The molecule has 0 spiro atoms. The van der Waals surface area contributed by atoms with Crippen molar-refractivity contribution in [3.05, 3.63) is 0 Å². The second-order valence-corrected chi connectivity index (χ2v) is 5.01. The van der Waals surface area contributed by atoms with Gasteiger partial charge in [-0.05, 0) is 25.2 Å². The van der Waals surface area contributed by atoms with Crippen LogP contribution in [0.5, 0.6) is 0 Å². The molecule has 0 aromatic rings. The van der Waals surface area contributed by atoms with Gasteiger partial charge in [0.1, 0.15) is 0 Å². The molecule has 4 heteroatoms. The average molecular weight is 225 g/mol. The van der Waals surface area contributed by atoms with Gasteiger partial charge in [0.2, 0.25) is 5.91 Å². The van der Waals surface area contributed by atoms with E-state index in [0.717, 1.165) is 25.2 Å². The summed E-state index contributed by atoms with van der Waals surface area (Å²) in [4.78, 5) is 22.7. The maximum Gasteiger partial charge on any atom is 0.307 e. The zero-order valence-corrected chi connectivity index (χ0v) is 9.45. The minimum atomic E-state index is -0.820. The first kappa shape index (κ1) is 11.4. The summed E-state index contributed by atoms with van der Waals surface area (Å²) in [6, 6.07) is 0. The first-order valence-corrected chi connectivity index (χ1v) is 6.19. The van der Waals surface area contributed by atoms with E-state index >= 15 is 0 Å². The monoisotopic (exact) mass is 225 g/mol. The van der Waals surface area contributed by atoms with Gasteiger partial charge < -0.3 is 10.4 Å². The van der Waals surface area contributed by atoms with Gasteiger partial charge in [-0.2, -0.15) is 0 Å². The number of carbonyl (C=O) groups is 2. The van der Waals surface area contributed by atoms with Crippen molar-refractivity contribution in [2.75, 3.05) is 6.54 Å². The summed E-state index contributed by atoms with van der Waals surface area (Å²) < 4.78 is 0. The Kier molecular flexibility index (Phi) is 3.46. The van der Waals surface area contributed by atoms with E-state index in [4.69, 9.17) is 5.11 Å². The number of hydrogen-bond acceptors (Lipinski definition) is 2. The fraction of sp³-hybridized carbons (Fsp3) is 0.833. The van der Waals surface area contributed by atoms with Crippen LogP contribution in [-0.4, -0.2) is 23.5 Å². The third-order valence-electron chi connectivity index (χ3n) is 3.72. The van der Waals surface area contributed by atoms with Crippen molar-refractivity contribution in [2.24, 2.45) is 17.8 Å². The summed E-state index contributed by atoms with van der Waals surface area (Å²) in [5.74, 6) is -0.817. The van der Waals surface area contributed by atoms with Crippen molar-refractivity contribution in [1.29, 1.82) is 0 Å². The number of nitrogens with one attached hydrogen (secondary N) is 1. The van der Waals surface area contributed by atoms with E-state index in [1.807, 2.05) is 0 Å². The molecule has 2 atom stereocenters. The molecule has 2 unspecified atom stereocenters. The number of aliphatic carboxylic acids is 1. The molecule has 0 aromatic heterocycles. The molecular formula is C12H19NO3. The number of carboxylic acids is 1. The van der Waals surface area contributed by atoms with Gasteiger partial charge in [-0.1, -0.05) is 19.3 Å². The molecule has 0 aliphatic heterocycles. The topological polar surface area (TPSA) is 66.4 Å². The molecule has 16 heavy (non-hydrogen) atoms. The highest BCUT2D eigenvalue weighted by atomic mass is 16.4. The van der Waals surface area contributed by atoms with Crippen molar-refractivity contribution in [1.82, 2.24) is 5.32 Å². The molecular weight excluding hydrogens is 206 g/mol. The Balaban J connectivity index is 1.75. The normalized spacial score (nSPS) is 29.0. The molecule has 2 aliphatic carbocycles. The van der Waals surface area contributed by atoms with Crippen LogP contribution in [0, 0.1) is 17.8 Å². The zero-order valence-electron chi connectivity index (χ0n) is 9.45. The summed E-state index contributed by atoms with van der Waals surface area (Å²) in [6.07, 6.45) is 5.87. The zero-order chi connectivity index (χ0) is 11.5. The minimum Gasteiger partial charge on any atom is -0.481 e. The van der Waals surface area contributed by atoms with Crippen molar-refractivity contribution in [3.8, 4) is 0 Å². The van der Waals surface area contributed by atoms with Crippen molar-refractivity contribution < 1.29 is 14.7 Å². The van der Waals surface area contributed by atoms with Crippen LogP contribution in [0.1, 0.15) is 38.5 Å². The second-order valence-electron chi connectivity index (χ2n) is 5.01. The maximum atomic E-state index is 11.8. The van der Waals surface area contributed by atoms with E-state index < -0.39 is 11.9 Å². The van der Waals surface area contributed by atoms with E-state index in [9.17, 15) is 9.59 Å². The Labute approximate surface area is 95.4 Å². The quantitative estimate of drug-likeness (QED) is 0.743. The van der Waals surface area contributed by atoms with Crippen LogP contribution in [0.3, 0.4) is 0 Å². The summed E-state index contributed by atoms with van der Waals surface area (Å²) in [5.41, 5.74) is 0. The Morgan fingerprint density at radius 1 is 1.12 bits per heavy atom. The van der Waals surface area contributed by atoms with Crippen LogP contribution in [0.25, 0.3) is 0 Å². The van der Waals surface area contributed by atoms with E-state index in [1.165, 1.54) is 12.8 Å². The number of carbonyl (C=O) groups excluding carboxylic acids is 1. The molecule has 2 saturated carbocycles. The lowest BCUT2D eigenvalue weighted by Gasteiger charge is -2.15. The third-order valence-corrected chi connectivity index (χ3v) is 3.72. The van der Waals surface area contributed by atoms with Gasteiger partial charge >= 0.3 is 5.97 Å². The molecule has 2 rings (SSSR count). The second kappa shape index (κ2) is 4.85. The lowest BCUT2D eigenvalue weighted by atomic mass is 9.95. The highest BCUT2D eigenvalue weighted by molar-refractivity contribution is 5.85. The largest absolute Gasteiger partial charge is 0.481 e. The van der Waals surface area contributed by atoms with Crippen LogP contribution in [0.2, 0.25) is 0 Å². The molecule has 0 bridgehead atoms. The first-order valence-electron chi connectivity index (χ1n) is 6.19. The number of rotatable bonds is 5. The van der Waals surface area contributed by atoms with Gasteiger partial charge in [0.25, 0.3) is 0 Å². The predicted octanol–water partition coefficient (Wildman–Crippen LogP) is 1.40. The smallest absolute Gasteiger partial charge is 0.307 e. The molecule has 4 nitrogen and oxygen atoms in total. The summed E-state index contributed by atoms with van der Waals surface area (Å²) in [5, 5.41) is 11.9. The molecule has 2 fully saturated rings. The van der Waals surface area contributed by atoms with E-state index in [-0.39, 0.29) is 11.8 Å². The lowest BCUT2D eigenvalue weighted by Crippen LogP contribution is -2.35. The van der Waals surface area contributed by atoms with Crippen molar-refractivity contribution >= 4 is 11.9 Å². The van der Waals surface area contributed by atoms with Gasteiger partial charge in [0, 0.05) is 6.54 Å². The van der Waals surface area contributed by atoms with Gasteiger partial charge in [0.15, 0.2) is 0 Å². The maximum absolute atomic E-state index is 11.8.